The van der Waals surface area contributed by atoms with Gasteiger partial charge in [0.1, 0.15) is 5.60 Å². The van der Waals surface area contributed by atoms with E-state index in [0.717, 1.165) is 6.54 Å². The van der Waals surface area contributed by atoms with Crippen LogP contribution in [-0.4, -0.2) is 23.3 Å². The van der Waals surface area contributed by atoms with Gasteiger partial charge in [0.2, 0.25) is 11.7 Å². The van der Waals surface area contributed by atoms with Gasteiger partial charge in [0.25, 0.3) is 0 Å². The quantitative estimate of drug-likeness (QED) is 0.892. The Bertz CT molecular complexity index is 389. The zero-order valence-electron chi connectivity index (χ0n) is 11.7. The van der Waals surface area contributed by atoms with Gasteiger partial charge in [0.05, 0.1) is 6.04 Å². The van der Waals surface area contributed by atoms with Gasteiger partial charge in [-0.1, -0.05) is 12.1 Å². The van der Waals surface area contributed by atoms with Gasteiger partial charge in [0.15, 0.2) is 0 Å². The van der Waals surface area contributed by atoms with Gasteiger partial charge in [-0.2, -0.15) is 4.98 Å². The third-order valence-corrected chi connectivity index (χ3v) is 3.52. The number of nitrogens with one attached hydrogen (secondary N) is 1. The minimum Gasteiger partial charge on any atom is -0.368 e. The molecule has 2 rings (SSSR count). The zero-order valence-corrected chi connectivity index (χ0v) is 11.7. The summed E-state index contributed by atoms with van der Waals surface area (Å²) >= 11 is 0. The van der Waals surface area contributed by atoms with Crippen molar-refractivity contribution in [3.63, 3.8) is 0 Å². The van der Waals surface area contributed by atoms with Gasteiger partial charge >= 0.3 is 0 Å². The van der Waals surface area contributed by atoms with Crippen molar-refractivity contribution < 1.29 is 9.26 Å². The molecule has 0 aromatic carbocycles. The first-order valence-corrected chi connectivity index (χ1v) is 6.76. The lowest BCUT2D eigenvalue weighted by molar-refractivity contribution is -0.0221. The molecule has 1 aromatic rings. The molecule has 0 saturated carbocycles. The highest BCUT2D eigenvalue weighted by Crippen LogP contribution is 2.29. The lowest BCUT2D eigenvalue weighted by atomic mass is 9.93. The van der Waals surface area contributed by atoms with E-state index >= 15 is 0 Å². The Morgan fingerprint density at radius 1 is 1.50 bits per heavy atom. The van der Waals surface area contributed by atoms with Crippen molar-refractivity contribution in [2.24, 2.45) is 5.92 Å². The maximum Gasteiger partial charge on any atom is 0.244 e. The summed E-state index contributed by atoms with van der Waals surface area (Å²) in [6, 6.07) is 0.178. The van der Waals surface area contributed by atoms with E-state index in [1.807, 2.05) is 20.8 Å². The molecular weight excluding hydrogens is 230 g/mol. The largest absolute Gasteiger partial charge is 0.368 e. The van der Waals surface area contributed by atoms with Gasteiger partial charge in [-0.25, -0.2) is 0 Å². The second-order valence-corrected chi connectivity index (χ2v) is 5.45. The van der Waals surface area contributed by atoms with E-state index in [1.165, 1.54) is 12.8 Å². The maximum atomic E-state index is 5.64. The van der Waals surface area contributed by atoms with Crippen molar-refractivity contribution in [1.29, 1.82) is 0 Å². The third-order valence-electron chi connectivity index (χ3n) is 3.52. The normalized spacial score (nSPS) is 25.3. The predicted octanol–water partition coefficient (Wildman–Crippen LogP) is 2.40. The summed E-state index contributed by atoms with van der Waals surface area (Å²) < 4.78 is 11.0. The standard InChI is InChI=1S/C13H23N3O2/c1-5-17-13(3,4)12-15-11(18-16-12)10-9(2)7-6-8-14-10/h9-10,14H,5-8H2,1-4H3. The number of aromatic nitrogens is 2. The van der Waals surface area contributed by atoms with Crippen LogP contribution in [0, 0.1) is 5.92 Å². The SMILES string of the molecule is CCOC(C)(C)c1noc(C2NCCCC2C)n1. The average molecular weight is 253 g/mol. The second kappa shape index (κ2) is 5.36. The Morgan fingerprint density at radius 3 is 2.94 bits per heavy atom. The summed E-state index contributed by atoms with van der Waals surface area (Å²) in [5.74, 6) is 1.84. The van der Waals surface area contributed by atoms with E-state index in [0.29, 0.717) is 24.2 Å². The molecular formula is C13H23N3O2. The van der Waals surface area contributed by atoms with Crippen molar-refractivity contribution >= 4 is 0 Å². The number of ether oxygens (including phenoxy) is 1. The monoisotopic (exact) mass is 253 g/mol. The number of piperidine rings is 1. The molecule has 18 heavy (non-hydrogen) atoms. The van der Waals surface area contributed by atoms with Crippen LogP contribution in [0.1, 0.15) is 58.3 Å². The van der Waals surface area contributed by atoms with Gasteiger partial charge in [-0.05, 0) is 46.1 Å². The van der Waals surface area contributed by atoms with Crippen LogP contribution in [0.4, 0.5) is 0 Å². The molecule has 1 aromatic heterocycles. The van der Waals surface area contributed by atoms with Crippen molar-refractivity contribution in [3.05, 3.63) is 11.7 Å². The van der Waals surface area contributed by atoms with Gasteiger partial charge in [-0.3, -0.25) is 0 Å². The lowest BCUT2D eigenvalue weighted by Crippen LogP contribution is -2.33. The van der Waals surface area contributed by atoms with Gasteiger partial charge in [0, 0.05) is 6.61 Å². The Balaban J connectivity index is 2.14. The smallest absolute Gasteiger partial charge is 0.244 e. The molecule has 1 aliphatic rings. The van der Waals surface area contributed by atoms with Crippen LogP contribution in [0.5, 0.6) is 0 Å². The zero-order chi connectivity index (χ0) is 13.2. The first-order chi connectivity index (χ1) is 8.54. The fraction of sp³-hybridized carbons (Fsp3) is 0.846. The Kier molecular flexibility index (Phi) is 4.02. The van der Waals surface area contributed by atoms with Crippen molar-refractivity contribution in [3.8, 4) is 0 Å². The fourth-order valence-electron chi connectivity index (χ4n) is 2.41. The third kappa shape index (κ3) is 2.72. The Hall–Kier alpha value is -0.940. The summed E-state index contributed by atoms with van der Waals surface area (Å²) in [4.78, 5) is 4.51. The summed E-state index contributed by atoms with van der Waals surface area (Å²) in [5.41, 5.74) is -0.492. The van der Waals surface area contributed by atoms with E-state index in [4.69, 9.17) is 9.26 Å². The molecule has 0 bridgehead atoms. The molecule has 0 spiro atoms. The molecule has 5 heteroatoms. The Labute approximate surface area is 108 Å². The van der Waals surface area contributed by atoms with Crippen LogP contribution in [0.15, 0.2) is 4.52 Å². The van der Waals surface area contributed by atoms with E-state index in [-0.39, 0.29) is 6.04 Å². The highest BCUT2D eigenvalue weighted by molar-refractivity contribution is 5.02. The van der Waals surface area contributed by atoms with Crippen molar-refractivity contribution in [2.45, 2.75) is 52.2 Å². The first kappa shape index (κ1) is 13.5. The summed E-state index contributed by atoms with van der Waals surface area (Å²) in [6.07, 6.45) is 2.41. The molecule has 1 N–H and O–H groups in total. The molecule has 2 atom stereocenters. The van der Waals surface area contributed by atoms with E-state index in [1.54, 1.807) is 0 Å². The number of hydrogen-bond acceptors (Lipinski definition) is 5. The highest BCUT2D eigenvalue weighted by atomic mass is 16.5. The van der Waals surface area contributed by atoms with E-state index in [9.17, 15) is 0 Å². The Morgan fingerprint density at radius 2 is 2.28 bits per heavy atom. The molecule has 2 unspecified atom stereocenters. The minimum absolute atomic E-state index is 0.178. The maximum absolute atomic E-state index is 5.64. The minimum atomic E-state index is -0.492. The lowest BCUT2D eigenvalue weighted by Gasteiger charge is -2.27. The molecule has 2 heterocycles. The number of rotatable bonds is 4. The van der Waals surface area contributed by atoms with Gasteiger partial charge in [-0.15, -0.1) is 0 Å². The van der Waals surface area contributed by atoms with Crippen LogP contribution >= 0.6 is 0 Å². The average Bonchev–Trinajstić information content (AvgIpc) is 2.79. The summed E-state index contributed by atoms with van der Waals surface area (Å²) in [5, 5.41) is 7.51. The highest BCUT2D eigenvalue weighted by Gasteiger charge is 2.32. The molecule has 102 valence electrons. The summed E-state index contributed by atoms with van der Waals surface area (Å²) in [7, 11) is 0. The molecule has 0 amide bonds. The fourth-order valence-corrected chi connectivity index (χ4v) is 2.41. The molecule has 1 aliphatic heterocycles. The predicted molar refractivity (Wildman–Crippen MR) is 68.1 cm³/mol. The van der Waals surface area contributed by atoms with Crippen LogP contribution in [0.25, 0.3) is 0 Å². The van der Waals surface area contributed by atoms with Crippen LogP contribution in [-0.2, 0) is 10.3 Å². The number of hydrogen-bond donors (Lipinski definition) is 1. The van der Waals surface area contributed by atoms with Crippen LogP contribution < -0.4 is 5.32 Å². The first-order valence-electron chi connectivity index (χ1n) is 6.76. The topological polar surface area (TPSA) is 60.2 Å². The van der Waals surface area contributed by atoms with Gasteiger partial charge < -0.3 is 14.6 Å². The molecule has 0 radical (unpaired) electrons. The summed E-state index contributed by atoms with van der Waals surface area (Å²) in [6.45, 7) is 9.75. The van der Waals surface area contributed by atoms with Crippen LogP contribution in [0.3, 0.4) is 0 Å². The molecule has 5 nitrogen and oxygen atoms in total. The number of nitrogens with zero attached hydrogens (tertiary/aromatic N) is 2. The van der Waals surface area contributed by atoms with Crippen molar-refractivity contribution in [2.75, 3.05) is 13.2 Å². The molecule has 0 aliphatic carbocycles. The molecule has 1 saturated heterocycles. The van der Waals surface area contributed by atoms with Crippen molar-refractivity contribution in [1.82, 2.24) is 15.5 Å². The van der Waals surface area contributed by atoms with E-state index in [2.05, 4.69) is 22.4 Å². The second-order valence-electron chi connectivity index (χ2n) is 5.45. The van der Waals surface area contributed by atoms with Crippen LogP contribution in [0.2, 0.25) is 0 Å². The van der Waals surface area contributed by atoms with E-state index < -0.39 is 5.60 Å². The molecule has 1 fully saturated rings.